The largest absolute Gasteiger partial charge is 0.496 e. The van der Waals surface area contributed by atoms with E-state index in [9.17, 15) is 0 Å². The third kappa shape index (κ3) is 2.12. The van der Waals surface area contributed by atoms with Crippen LogP contribution in [-0.4, -0.2) is 31.1 Å². The van der Waals surface area contributed by atoms with Gasteiger partial charge >= 0.3 is 0 Å². The highest BCUT2D eigenvalue weighted by atomic mass is 35.5. The minimum Gasteiger partial charge on any atom is -0.496 e. The number of halogens is 1. The molecule has 0 unspecified atom stereocenters. The zero-order valence-electron chi connectivity index (χ0n) is 11.7. The van der Waals surface area contributed by atoms with E-state index < -0.39 is 0 Å². The molecule has 0 saturated heterocycles. The van der Waals surface area contributed by atoms with Crippen LogP contribution in [0.2, 0.25) is 5.02 Å². The molecule has 0 spiro atoms. The standard InChI is InChI=1S/C13H16ClN3O3/c1-17-13(15)7(6-16-17)10-8(18-2)5-9(19-3)12(20-4)11(10)14/h5-6H,15H2,1-4H3. The normalized spacial score (nSPS) is 10.4. The van der Waals surface area contributed by atoms with Crippen molar-refractivity contribution in [2.24, 2.45) is 7.05 Å². The summed E-state index contributed by atoms with van der Waals surface area (Å²) in [5, 5.41) is 4.48. The number of anilines is 1. The van der Waals surface area contributed by atoms with Crippen LogP contribution in [0.1, 0.15) is 0 Å². The van der Waals surface area contributed by atoms with Gasteiger partial charge in [0.15, 0.2) is 11.5 Å². The molecule has 0 fully saturated rings. The van der Waals surface area contributed by atoms with Crippen molar-refractivity contribution in [3.8, 4) is 28.4 Å². The third-order valence-electron chi connectivity index (χ3n) is 3.05. The first-order valence-electron chi connectivity index (χ1n) is 5.81. The minimum absolute atomic E-state index is 0.364. The first kappa shape index (κ1) is 14.3. The molecule has 0 radical (unpaired) electrons. The number of nitrogens with two attached hydrogens (primary N) is 1. The van der Waals surface area contributed by atoms with Gasteiger partial charge in [0.05, 0.1) is 38.1 Å². The molecular weight excluding hydrogens is 282 g/mol. The quantitative estimate of drug-likeness (QED) is 0.938. The van der Waals surface area contributed by atoms with E-state index in [1.54, 1.807) is 31.1 Å². The topological polar surface area (TPSA) is 71.5 Å². The van der Waals surface area contributed by atoms with Crippen LogP contribution in [0.5, 0.6) is 17.2 Å². The van der Waals surface area contributed by atoms with Gasteiger partial charge in [-0.05, 0) is 0 Å². The summed E-state index contributed by atoms with van der Waals surface area (Å²) in [7, 11) is 6.35. The molecule has 0 atom stereocenters. The summed E-state index contributed by atoms with van der Waals surface area (Å²) in [6, 6.07) is 1.70. The third-order valence-corrected chi connectivity index (χ3v) is 3.41. The average Bonchev–Trinajstić information content (AvgIpc) is 2.78. The van der Waals surface area contributed by atoms with Gasteiger partial charge in [-0.25, -0.2) is 0 Å². The molecule has 2 N–H and O–H groups in total. The number of hydrogen-bond donors (Lipinski definition) is 1. The highest BCUT2D eigenvalue weighted by Gasteiger charge is 2.23. The summed E-state index contributed by atoms with van der Waals surface area (Å²) in [6.07, 6.45) is 1.63. The fourth-order valence-corrected chi connectivity index (χ4v) is 2.35. The first-order chi connectivity index (χ1) is 9.54. The van der Waals surface area contributed by atoms with Crippen molar-refractivity contribution in [3.63, 3.8) is 0 Å². The van der Waals surface area contributed by atoms with E-state index >= 15 is 0 Å². The van der Waals surface area contributed by atoms with Gasteiger partial charge in [0.1, 0.15) is 11.6 Å². The number of nitrogens with zero attached hydrogens (tertiary/aromatic N) is 2. The molecule has 0 aliphatic heterocycles. The van der Waals surface area contributed by atoms with E-state index in [0.29, 0.717) is 39.2 Å². The predicted octanol–water partition coefficient (Wildman–Crippen LogP) is 2.35. The van der Waals surface area contributed by atoms with Gasteiger partial charge in [0, 0.05) is 18.7 Å². The molecule has 1 aromatic carbocycles. The summed E-state index contributed by atoms with van der Waals surface area (Å²) < 4.78 is 17.5. The van der Waals surface area contributed by atoms with Crippen LogP contribution in [0, 0.1) is 0 Å². The van der Waals surface area contributed by atoms with Gasteiger partial charge in [0.2, 0.25) is 0 Å². The van der Waals surface area contributed by atoms with Gasteiger partial charge in [-0.15, -0.1) is 0 Å². The molecule has 0 aliphatic carbocycles. The Kier molecular flexibility index (Phi) is 3.94. The van der Waals surface area contributed by atoms with Crippen molar-refractivity contribution in [1.29, 1.82) is 0 Å². The van der Waals surface area contributed by atoms with Crippen LogP contribution in [-0.2, 0) is 7.05 Å². The van der Waals surface area contributed by atoms with Gasteiger partial charge < -0.3 is 19.9 Å². The zero-order chi connectivity index (χ0) is 14.9. The van der Waals surface area contributed by atoms with Crippen molar-refractivity contribution in [2.75, 3.05) is 27.1 Å². The van der Waals surface area contributed by atoms with Crippen LogP contribution < -0.4 is 19.9 Å². The fraction of sp³-hybridized carbons (Fsp3) is 0.308. The lowest BCUT2D eigenvalue weighted by Gasteiger charge is -2.16. The molecule has 2 rings (SSSR count). The molecule has 2 aromatic rings. The SMILES string of the molecule is COc1cc(OC)c(-c2cnn(C)c2N)c(Cl)c1OC. The van der Waals surface area contributed by atoms with Crippen LogP contribution in [0.3, 0.4) is 0 Å². The van der Waals surface area contributed by atoms with E-state index in [0.717, 1.165) is 0 Å². The maximum Gasteiger partial charge on any atom is 0.180 e. The molecule has 0 saturated carbocycles. The molecule has 1 heterocycles. The molecule has 1 aromatic heterocycles. The second kappa shape index (κ2) is 5.50. The Morgan fingerprint density at radius 3 is 2.25 bits per heavy atom. The summed E-state index contributed by atoms with van der Waals surface area (Å²) in [4.78, 5) is 0. The number of nitrogen functional groups attached to an aromatic ring is 1. The van der Waals surface area contributed by atoms with Crippen LogP contribution >= 0.6 is 11.6 Å². The van der Waals surface area contributed by atoms with E-state index in [1.807, 2.05) is 0 Å². The molecule has 20 heavy (non-hydrogen) atoms. The van der Waals surface area contributed by atoms with Gasteiger partial charge in [-0.1, -0.05) is 11.6 Å². The second-order valence-electron chi connectivity index (χ2n) is 4.07. The highest BCUT2D eigenvalue weighted by Crippen LogP contribution is 2.48. The van der Waals surface area contributed by atoms with Gasteiger partial charge in [0.25, 0.3) is 0 Å². The van der Waals surface area contributed by atoms with Crippen molar-refractivity contribution >= 4 is 17.4 Å². The molecule has 0 aliphatic rings. The van der Waals surface area contributed by atoms with Crippen LogP contribution in [0.4, 0.5) is 5.82 Å². The van der Waals surface area contributed by atoms with Crippen molar-refractivity contribution < 1.29 is 14.2 Å². The number of rotatable bonds is 4. The lowest BCUT2D eigenvalue weighted by Crippen LogP contribution is -2.00. The molecule has 108 valence electrons. The minimum atomic E-state index is 0.364. The molecule has 6 nitrogen and oxygen atoms in total. The van der Waals surface area contributed by atoms with Gasteiger partial charge in [-0.3, -0.25) is 4.68 Å². The Hall–Kier alpha value is -2.08. The van der Waals surface area contributed by atoms with Crippen molar-refractivity contribution in [3.05, 3.63) is 17.3 Å². The van der Waals surface area contributed by atoms with E-state index in [-0.39, 0.29) is 0 Å². The molecule has 0 bridgehead atoms. The Balaban J connectivity index is 2.77. The summed E-state index contributed by atoms with van der Waals surface area (Å²) >= 11 is 6.41. The van der Waals surface area contributed by atoms with Crippen LogP contribution in [0.25, 0.3) is 11.1 Å². The maximum absolute atomic E-state index is 6.41. The lowest BCUT2D eigenvalue weighted by molar-refractivity contribution is 0.349. The van der Waals surface area contributed by atoms with E-state index in [2.05, 4.69) is 5.10 Å². The predicted molar refractivity (Wildman–Crippen MR) is 77.7 cm³/mol. The van der Waals surface area contributed by atoms with Gasteiger partial charge in [-0.2, -0.15) is 5.10 Å². The summed E-state index contributed by atoms with van der Waals surface area (Å²) in [5.41, 5.74) is 7.30. The van der Waals surface area contributed by atoms with E-state index in [4.69, 9.17) is 31.5 Å². The smallest absolute Gasteiger partial charge is 0.180 e. The second-order valence-corrected chi connectivity index (χ2v) is 4.45. The Labute approximate surface area is 122 Å². The summed E-state index contributed by atoms with van der Waals surface area (Å²) in [6.45, 7) is 0. The number of hydrogen-bond acceptors (Lipinski definition) is 5. The molecular formula is C13H16ClN3O3. The number of aromatic nitrogens is 2. The Morgan fingerprint density at radius 2 is 1.80 bits per heavy atom. The Bertz CT molecular complexity index is 640. The lowest BCUT2D eigenvalue weighted by atomic mass is 10.1. The zero-order valence-corrected chi connectivity index (χ0v) is 12.5. The Morgan fingerprint density at radius 1 is 1.15 bits per heavy atom. The average molecular weight is 298 g/mol. The number of ether oxygens (including phenoxy) is 3. The fourth-order valence-electron chi connectivity index (χ4n) is 1.98. The number of methoxy groups -OCH3 is 3. The maximum atomic E-state index is 6.41. The van der Waals surface area contributed by atoms with E-state index in [1.165, 1.54) is 14.2 Å². The first-order valence-corrected chi connectivity index (χ1v) is 6.19. The van der Waals surface area contributed by atoms with Crippen molar-refractivity contribution in [2.45, 2.75) is 0 Å². The van der Waals surface area contributed by atoms with Crippen molar-refractivity contribution in [1.82, 2.24) is 9.78 Å². The molecule has 7 heteroatoms. The number of benzene rings is 1. The monoisotopic (exact) mass is 297 g/mol. The number of aryl methyl sites for hydroxylation is 1. The molecule has 0 amide bonds. The van der Waals surface area contributed by atoms with Crippen LogP contribution in [0.15, 0.2) is 12.3 Å². The summed E-state index contributed by atoms with van der Waals surface area (Å²) in [5.74, 6) is 1.93. The highest BCUT2D eigenvalue weighted by molar-refractivity contribution is 6.35.